The van der Waals surface area contributed by atoms with Crippen molar-refractivity contribution in [3.05, 3.63) is 0 Å². The molecular formula is C8H14O6S. The molecule has 88 valence electrons. The summed E-state index contributed by atoms with van der Waals surface area (Å²) in [6.07, 6.45) is -1.60. The molecule has 6 nitrogen and oxygen atoms in total. The van der Waals surface area contributed by atoms with Gasteiger partial charge in [0.25, 0.3) is 10.1 Å². The Kier molecular flexibility index (Phi) is 3.92. The number of hydrogen-bond donors (Lipinski definition) is 0. The lowest BCUT2D eigenvalue weighted by molar-refractivity contribution is 0.00526. The van der Waals surface area contributed by atoms with E-state index in [2.05, 4.69) is 8.92 Å². The van der Waals surface area contributed by atoms with Crippen LogP contribution in [0.5, 0.6) is 0 Å². The molecule has 1 aliphatic heterocycles. The van der Waals surface area contributed by atoms with Gasteiger partial charge in [0.2, 0.25) is 0 Å². The fourth-order valence-corrected chi connectivity index (χ4v) is 2.55. The summed E-state index contributed by atoms with van der Waals surface area (Å²) >= 11 is 0. The summed E-state index contributed by atoms with van der Waals surface area (Å²) in [5.74, 6) is -0.310. The summed E-state index contributed by atoms with van der Waals surface area (Å²) in [5.41, 5.74) is 0. The Bertz CT molecular complexity index is 322. The highest BCUT2D eigenvalue weighted by Crippen LogP contribution is 2.19. The number of carbonyl (C=O) groups excluding carboxylic acids is 1. The van der Waals surface area contributed by atoms with Gasteiger partial charge in [0.15, 0.2) is 0 Å². The molecule has 0 spiro atoms. The molecule has 0 amide bonds. The lowest BCUT2D eigenvalue weighted by Gasteiger charge is -2.12. The van der Waals surface area contributed by atoms with Gasteiger partial charge >= 0.3 is 6.16 Å². The van der Waals surface area contributed by atoms with Crippen molar-refractivity contribution in [2.24, 2.45) is 0 Å². The average molecular weight is 238 g/mol. The van der Waals surface area contributed by atoms with Gasteiger partial charge in [-0.3, -0.25) is 4.18 Å². The highest BCUT2D eigenvalue weighted by atomic mass is 32.2. The van der Waals surface area contributed by atoms with Crippen LogP contribution in [0.1, 0.15) is 20.3 Å². The lowest BCUT2D eigenvalue weighted by Crippen LogP contribution is -2.27. The molecule has 0 saturated carbocycles. The minimum atomic E-state index is -3.54. The van der Waals surface area contributed by atoms with Gasteiger partial charge in [-0.15, -0.1) is 0 Å². The standard InChI is InChI=1S/C8H14O6S/c1-3-4-12-8(9)13-7-5-15(10,11)14-6(7)2/h6-7H,3-5H2,1-2H3. The van der Waals surface area contributed by atoms with Crippen LogP contribution in [-0.2, 0) is 23.8 Å². The molecule has 1 fully saturated rings. The summed E-state index contributed by atoms with van der Waals surface area (Å²) in [6.45, 7) is 3.63. The minimum Gasteiger partial charge on any atom is -0.434 e. The molecule has 1 saturated heterocycles. The van der Waals surface area contributed by atoms with E-state index in [9.17, 15) is 13.2 Å². The molecular weight excluding hydrogens is 224 g/mol. The van der Waals surface area contributed by atoms with E-state index in [1.54, 1.807) is 0 Å². The second kappa shape index (κ2) is 4.80. The van der Waals surface area contributed by atoms with Crippen molar-refractivity contribution < 1.29 is 26.9 Å². The van der Waals surface area contributed by atoms with Crippen molar-refractivity contribution in [1.29, 1.82) is 0 Å². The molecule has 2 atom stereocenters. The summed E-state index contributed by atoms with van der Waals surface area (Å²) in [6, 6.07) is 0. The lowest BCUT2D eigenvalue weighted by atomic mass is 10.3. The van der Waals surface area contributed by atoms with Gasteiger partial charge in [0, 0.05) is 0 Å². The molecule has 2 unspecified atom stereocenters. The Morgan fingerprint density at radius 1 is 1.53 bits per heavy atom. The van der Waals surface area contributed by atoms with Gasteiger partial charge in [-0.2, -0.15) is 8.42 Å². The average Bonchev–Trinajstić information content (AvgIpc) is 2.36. The maximum Gasteiger partial charge on any atom is 0.508 e. The van der Waals surface area contributed by atoms with Crippen LogP contribution >= 0.6 is 0 Å². The molecule has 1 aliphatic rings. The van der Waals surface area contributed by atoms with Crippen LogP contribution in [0.3, 0.4) is 0 Å². The summed E-state index contributed by atoms with van der Waals surface area (Å²) in [5, 5.41) is 0. The first-order valence-corrected chi connectivity index (χ1v) is 6.26. The Balaban J connectivity index is 2.43. The van der Waals surface area contributed by atoms with Gasteiger partial charge in [-0.1, -0.05) is 6.92 Å². The van der Waals surface area contributed by atoms with Crippen molar-refractivity contribution in [1.82, 2.24) is 0 Å². The first-order valence-electron chi connectivity index (χ1n) is 4.69. The molecule has 15 heavy (non-hydrogen) atoms. The Morgan fingerprint density at radius 2 is 2.20 bits per heavy atom. The second-order valence-electron chi connectivity index (χ2n) is 3.28. The van der Waals surface area contributed by atoms with Crippen molar-refractivity contribution in [2.75, 3.05) is 12.4 Å². The maximum atomic E-state index is 11.0. The third-order valence-electron chi connectivity index (χ3n) is 1.86. The molecule has 0 aromatic heterocycles. The number of hydrogen-bond acceptors (Lipinski definition) is 6. The van der Waals surface area contributed by atoms with E-state index in [0.29, 0.717) is 6.42 Å². The van der Waals surface area contributed by atoms with Crippen LogP contribution in [0.4, 0.5) is 4.79 Å². The highest BCUT2D eigenvalue weighted by molar-refractivity contribution is 7.87. The van der Waals surface area contributed by atoms with E-state index in [1.165, 1.54) is 6.92 Å². The minimum absolute atomic E-state index is 0.257. The van der Waals surface area contributed by atoms with Crippen LogP contribution < -0.4 is 0 Å². The predicted molar refractivity (Wildman–Crippen MR) is 50.8 cm³/mol. The van der Waals surface area contributed by atoms with E-state index >= 15 is 0 Å². The van der Waals surface area contributed by atoms with E-state index in [0.717, 1.165) is 0 Å². The van der Waals surface area contributed by atoms with Gasteiger partial charge < -0.3 is 9.47 Å². The Morgan fingerprint density at radius 3 is 2.67 bits per heavy atom. The number of ether oxygens (including phenoxy) is 2. The predicted octanol–water partition coefficient (Wildman–Crippen LogP) is 0.667. The first-order chi connectivity index (χ1) is 6.94. The summed E-state index contributed by atoms with van der Waals surface area (Å²) in [7, 11) is -3.54. The first kappa shape index (κ1) is 12.3. The van der Waals surface area contributed by atoms with Crippen molar-refractivity contribution >= 4 is 16.3 Å². The van der Waals surface area contributed by atoms with Crippen LogP contribution in [-0.4, -0.2) is 39.1 Å². The van der Waals surface area contributed by atoms with Crippen LogP contribution in [0, 0.1) is 0 Å². The van der Waals surface area contributed by atoms with Crippen molar-refractivity contribution in [3.8, 4) is 0 Å². The maximum absolute atomic E-state index is 11.0. The Hall–Kier alpha value is -0.820. The van der Waals surface area contributed by atoms with Crippen LogP contribution in [0.2, 0.25) is 0 Å². The number of rotatable bonds is 3. The normalized spacial score (nSPS) is 28.7. The smallest absolute Gasteiger partial charge is 0.434 e. The zero-order valence-corrected chi connectivity index (χ0v) is 9.45. The Labute approximate surface area is 88.6 Å². The third kappa shape index (κ3) is 3.67. The third-order valence-corrected chi connectivity index (χ3v) is 3.20. The van der Waals surface area contributed by atoms with E-state index in [1.807, 2.05) is 6.92 Å². The largest absolute Gasteiger partial charge is 0.508 e. The zero-order valence-electron chi connectivity index (χ0n) is 8.63. The fraction of sp³-hybridized carbons (Fsp3) is 0.875. The molecule has 0 aliphatic carbocycles. The van der Waals surface area contributed by atoms with Gasteiger partial charge in [-0.05, 0) is 13.3 Å². The SMILES string of the molecule is CCCOC(=O)OC1CS(=O)(=O)OC1C. The van der Waals surface area contributed by atoms with Gasteiger partial charge in [0.05, 0.1) is 6.61 Å². The molecule has 0 bridgehead atoms. The molecule has 1 rings (SSSR count). The van der Waals surface area contributed by atoms with Crippen molar-refractivity contribution in [2.45, 2.75) is 32.5 Å². The topological polar surface area (TPSA) is 78.9 Å². The zero-order chi connectivity index (χ0) is 11.5. The molecule has 0 aromatic carbocycles. The fourth-order valence-electron chi connectivity index (χ4n) is 1.14. The highest BCUT2D eigenvalue weighted by Gasteiger charge is 2.39. The summed E-state index contributed by atoms with van der Waals surface area (Å²) in [4.78, 5) is 11.0. The summed E-state index contributed by atoms with van der Waals surface area (Å²) < 4.78 is 36.0. The second-order valence-corrected chi connectivity index (χ2v) is 4.92. The van der Waals surface area contributed by atoms with E-state index in [4.69, 9.17) is 4.74 Å². The van der Waals surface area contributed by atoms with Gasteiger partial charge in [-0.25, -0.2) is 4.79 Å². The molecule has 7 heteroatoms. The molecule has 0 radical (unpaired) electrons. The van der Waals surface area contributed by atoms with E-state index in [-0.39, 0.29) is 12.4 Å². The van der Waals surface area contributed by atoms with Crippen LogP contribution in [0.15, 0.2) is 0 Å². The van der Waals surface area contributed by atoms with Crippen LogP contribution in [0.25, 0.3) is 0 Å². The molecule has 1 heterocycles. The van der Waals surface area contributed by atoms with Gasteiger partial charge in [0.1, 0.15) is 18.0 Å². The monoisotopic (exact) mass is 238 g/mol. The molecule has 0 aromatic rings. The number of carbonyl (C=O) groups is 1. The quantitative estimate of drug-likeness (QED) is 0.531. The van der Waals surface area contributed by atoms with E-state index < -0.39 is 28.5 Å². The molecule has 0 N–H and O–H groups in total. The van der Waals surface area contributed by atoms with Crippen molar-refractivity contribution in [3.63, 3.8) is 0 Å².